The van der Waals surface area contributed by atoms with Gasteiger partial charge in [0.1, 0.15) is 0 Å². The van der Waals surface area contributed by atoms with Crippen molar-refractivity contribution in [3.05, 3.63) is 52.3 Å². The predicted molar refractivity (Wildman–Crippen MR) is 90.5 cm³/mol. The summed E-state index contributed by atoms with van der Waals surface area (Å²) < 4.78 is 1.48. The van der Waals surface area contributed by atoms with Gasteiger partial charge in [0, 0.05) is 24.9 Å². The average Bonchev–Trinajstić information content (AvgIpc) is 3.31. The molecule has 132 valence electrons. The van der Waals surface area contributed by atoms with Crippen molar-refractivity contribution in [2.24, 2.45) is 5.92 Å². The van der Waals surface area contributed by atoms with Crippen molar-refractivity contribution >= 4 is 11.6 Å². The van der Waals surface area contributed by atoms with Gasteiger partial charge in [0.15, 0.2) is 0 Å². The quantitative estimate of drug-likeness (QED) is 0.615. The Morgan fingerprint density at radius 2 is 2.04 bits per heavy atom. The number of nitro groups is 1. The molecule has 1 heterocycles. The van der Waals surface area contributed by atoms with Crippen molar-refractivity contribution < 1.29 is 14.8 Å². The first-order valence-corrected chi connectivity index (χ1v) is 8.30. The molecule has 0 saturated heterocycles. The molecular formula is C17H20N4O4. The van der Waals surface area contributed by atoms with Crippen molar-refractivity contribution in [2.45, 2.75) is 31.8 Å². The number of aromatic nitrogens is 2. The smallest absolute Gasteiger partial charge is 0.269 e. The number of non-ortho nitro benzene ring substituents is 1. The Morgan fingerprint density at radius 3 is 2.68 bits per heavy atom. The Morgan fingerprint density at radius 1 is 1.36 bits per heavy atom. The van der Waals surface area contributed by atoms with E-state index in [1.165, 1.54) is 23.0 Å². The van der Waals surface area contributed by atoms with E-state index in [9.17, 15) is 20.0 Å². The van der Waals surface area contributed by atoms with Crippen molar-refractivity contribution in [1.82, 2.24) is 15.1 Å². The van der Waals surface area contributed by atoms with E-state index in [2.05, 4.69) is 10.4 Å². The molecule has 0 aliphatic heterocycles. The lowest BCUT2D eigenvalue weighted by Gasteiger charge is -2.17. The number of hydrogen-bond donors (Lipinski definition) is 2. The molecule has 0 spiro atoms. The number of carbonyl (C=O) groups is 1. The lowest BCUT2D eigenvalue weighted by Crippen LogP contribution is -2.35. The minimum absolute atomic E-state index is 0.00484. The van der Waals surface area contributed by atoms with Crippen LogP contribution in [0.4, 0.5) is 5.69 Å². The topological polar surface area (TPSA) is 110 Å². The molecular weight excluding hydrogens is 324 g/mol. The third-order valence-corrected chi connectivity index (χ3v) is 4.59. The molecule has 1 aliphatic rings. The van der Waals surface area contributed by atoms with Gasteiger partial charge in [-0.25, -0.2) is 4.68 Å². The summed E-state index contributed by atoms with van der Waals surface area (Å²) in [5.41, 5.74) is 0.988. The van der Waals surface area contributed by atoms with Crippen LogP contribution in [0.1, 0.15) is 36.0 Å². The summed E-state index contributed by atoms with van der Waals surface area (Å²) in [6.45, 7) is 0.228. The molecule has 1 fully saturated rings. The van der Waals surface area contributed by atoms with Crippen LogP contribution in [0.15, 0.2) is 36.7 Å². The summed E-state index contributed by atoms with van der Waals surface area (Å²) in [6.07, 6.45) is 6.76. The third-order valence-electron chi connectivity index (χ3n) is 4.59. The van der Waals surface area contributed by atoms with E-state index in [0.29, 0.717) is 11.3 Å². The van der Waals surface area contributed by atoms with Gasteiger partial charge in [-0.2, -0.15) is 5.10 Å². The van der Waals surface area contributed by atoms with Gasteiger partial charge in [-0.15, -0.1) is 0 Å². The summed E-state index contributed by atoms with van der Waals surface area (Å²) >= 11 is 0. The van der Waals surface area contributed by atoms with Gasteiger partial charge in [-0.3, -0.25) is 14.9 Å². The third kappa shape index (κ3) is 4.03. The molecule has 2 aromatic rings. The Hall–Kier alpha value is -2.74. The van der Waals surface area contributed by atoms with Gasteiger partial charge >= 0.3 is 0 Å². The molecule has 25 heavy (non-hydrogen) atoms. The van der Waals surface area contributed by atoms with Crippen LogP contribution in [0.5, 0.6) is 0 Å². The van der Waals surface area contributed by atoms with E-state index in [1.54, 1.807) is 18.3 Å². The first-order chi connectivity index (χ1) is 12.0. The number of nitrogens with zero attached hydrogens (tertiary/aromatic N) is 3. The van der Waals surface area contributed by atoms with Crippen molar-refractivity contribution in [2.75, 3.05) is 6.54 Å². The summed E-state index contributed by atoms with van der Waals surface area (Å²) in [5.74, 6) is -0.0339. The monoisotopic (exact) mass is 344 g/mol. The highest BCUT2D eigenvalue weighted by Crippen LogP contribution is 2.27. The fourth-order valence-electron chi connectivity index (χ4n) is 3.12. The second kappa shape index (κ2) is 7.43. The number of aliphatic hydroxyl groups excluding tert-OH is 1. The second-order valence-corrected chi connectivity index (χ2v) is 6.27. The molecule has 8 nitrogen and oxygen atoms in total. The van der Waals surface area contributed by atoms with Gasteiger partial charge in [0.25, 0.3) is 11.6 Å². The van der Waals surface area contributed by atoms with E-state index < -0.39 is 11.0 Å². The standard InChI is InChI=1S/C17H20N4O4/c22-16(12-3-1-2-4-12)10-18-17(23)13-9-19-20(11-13)14-5-7-15(8-6-14)21(24)25/h5-9,11-12,16,22H,1-4,10H2,(H,18,23). The number of nitrogens with one attached hydrogen (secondary N) is 1. The van der Waals surface area contributed by atoms with Gasteiger partial charge in [0.2, 0.25) is 0 Å². The number of aliphatic hydroxyl groups is 1. The number of rotatable bonds is 6. The van der Waals surface area contributed by atoms with Gasteiger partial charge in [0.05, 0.1) is 28.5 Å². The van der Waals surface area contributed by atoms with Gasteiger partial charge in [-0.1, -0.05) is 12.8 Å². The molecule has 1 unspecified atom stereocenters. The van der Waals surface area contributed by atoms with Crippen LogP contribution in [0.25, 0.3) is 5.69 Å². The Bertz CT molecular complexity index is 750. The van der Waals surface area contributed by atoms with Crippen LogP contribution in [-0.4, -0.2) is 38.4 Å². The first kappa shape index (κ1) is 17.1. The summed E-state index contributed by atoms with van der Waals surface area (Å²) in [6, 6.07) is 5.90. The molecule has 1 atom stereocenters. The zero-order valence-electron chi connectivity index (χ0n) is 13.7. The van der Waals surface area contributed by atoms with Crippen LogP contribution in [0.3, 0.4) is 0 Å². The Balaban J connectivity index is 1.60. The molecule has 3 rings (SSSR count). The first-order valence-electron chi connectivity index (χ1n) is 8.30. The summed E-state index contributed by atoms with van der Waals surface area (Å²) in [5, 5.41) is 27.6. The molecule has 1 aromatic heterocycles. The van der Waals surface area contributed by atoms with E-state index in [-0.39, 0.29) is 24.1 Å². The van der Waals surface area contributed by atoms with Gasteiger partial charge < -0.3 is 10.4 Å². The highest BCUT2D eigenvalue weighted by atomic mass is 16.6. The molecule has 0 bridgehead atoms. The maximum atomic E-state index is 12.2. The zero-order valence-corrected chi connectivity index (χ0v) is 13.7. The van der Waals surface area contributed by atoms with E-state index in [4.69, 9.17) is 0 Å². The zero-order chi connectivity index (χ0) is 17.8. The molecule has 2 N–H and O–H groups in total. The Kier molecular flexibility index (Phi) is 5.08. The number of nitro benzene ring substituents is 1. The van der Waals surface area contributed by atoms with Crippen LogP contribution in [-0.2, 0) is 0 Å². The summed E-state index contributed by atoms with van der Waals surface area (Å²) in [4.78, 5) is 22.4. The molecule has 1 saturated carbocycles. The fraction of sp³-hybridized carbons (Fsp3) is 0.412. The normalized spacial score (nSPS) is 15.9. The SMILES string of the molecule is O=C(NCC(O)C1CCCC1)c1cnn(-c2ccc([N+](=O)[O-])cc2)c1. The van der Waals surface area contributed by atoms with Crippen LogP contribution < -0.4 is 5.32 Å². The number of hydrogen-bond acceptors (Lipinski definition) is 5. The van der Waals surface area contributed by atoms with Crippen LogP contribution in [0, 0.1) is 16.0 Å². The second-order valence-electron chi connectivity index (χ2n) is 6.27. The summed E-state index contributed by atoms with van der Waals surface area (Å²) in [7, 11) is 0. The van der Waals surface area contributed by atoms with E-state index >= 15 is 0 Å². The average molecular weight is 344 g/mol. The maximum Gasteiger partial charge on any atom is 0.269 e. The van der Waals surface area contributed by atoms with E-state index in [0.717, 1.165) is 25.7 Å². The lowest BCUT2D eigenvalue weighted by atomic mass is 10.0. The molecule has 0 radical (unpaired) electrons. The lowest BCUT2D eigenvalue weighted by molar-refractivity contribution is -0.384. The number of benzene rings is 1. The largest absolute Gasteiger partial charge is 0.391 e. The van der Waals surface area contributed by atoms with Crippen LogP contribution in [0.2, 0.25) is 0 Å². The molecule has 1 aliphatic carbocycles. The highest BCUT2D eigenvalue weighted by molar-refractivity contribution is 5.93. The highest BCUT2D eigenvalue weighted by Gasteiger charge is 2.23. The van der Waals surface area contributed by atoms with Crippen molar-refractivity contribution in [1.29, 1.82) is 0 Å². The minimum atomic E-state index is -0.517. The minimum Gasteiger partial charge on any atom is -0.391 e. The number of carbonyl (C=O) groups excluding carboxylic acids is 1. The molecule has 1 amide bonds. The van der Waals surface area contributed by atoms with Crippen molar-refractivity contribution in [3.8, 4) is 5.69 Å². The maximum absolute atomic E-state index is 12.2. The van der Waals surface area contributed by atoms with Crippen LogP contribution >= 0.6 is 0 Å². The predicted octanol–water partition coefficient (Wildman–Crippen LogP) is 2.06. The van der Waals surface area contributed by atoms with E-state index in [1.807, 2.05) is 0 Å². The van der Waals surface area contributed by atoms with Gasteiger partial charge in [-0.05, 0) is 30.9 Å². The van der Waals surface area contributed by atoms with Crippen molar-refractivity contribution in [3.63, 3.8) is 0 Å². The Labute approximate surface area is 144 Å². The molecule has 1 aromatic carbocycles. The number of amides is 1. The fourth-order valence-corrected chi connectivity index (χ4v) is 3.12. The molecule has 8 heteroatoms.